The third-order valence-electron chi connectivity index (χ3n) is 1.91. The van der Waals surface area contributed by atoms with Crippen LogP contribution in [0.1, 0.15) is 6.92 Å². The molecule has 4 heteroatoms. The Morgan fingerprint density at radius 2 is 2.27 bits per heavy atom. The number of amides is 1. The van der Waals surface area contributed by atoms with Crippen molar-refractivity contribution >= 4 is 11.6 Å². The van der Waals surface area contributed by atoms with Crippen molar-refractivity contribution in [3.63, 3.8) is 0 Å². The second-order valence-electron chi connectivity index (χ2n) is 3.14. The molecule has 0 fully saturated rings. The molecule has 76 valence electrons. The number of carbonyl (C=O) groups excluding carboxylic acids is 1. The summed E-state index contributed by atoms with van der Waals surface area (Å²) in [6, 6.07) is 9.17. The first-order valence-electron chi connectivity index (χ1n) is 4.54. The van der Waals surface area contributed by atoms with Gasteiger partial charge in [0.2, 0.25) is 5.91 Å². The highest BCUT2D eigenvalue weighted by Gasteiger charge is 2.02. The van der Waals surface area contributed by atoms with Gasteiger partial charge in [0.15, 0.2) is 5.76 Å². The average Bonchev–Trinajstić information content (AvgIpc) is 2.69. The normalized spacial score (nSPS) is 9.93. The summed E-state index contributed by atoms with van der Waals surface area (Å²) in [5.41, 5.74) is 1.63. The van der Waals surface area contributed by atoms with E-state index in [2.05, 4.69) is 10.5 Å². The number of hydrogen-bond donors (Lipinski definition) is 1. The Balaban J connectivity index is 2.31. The minimum atomic E-state index is -0.0929. The summed E-state index contributed by atoms with van der Waals surface area (Å²) >= 11 is 0. The van der Waals surface area contributed by atoms with Crippen LogP contribution in [0.2, 0.25) is 0 Å². The zero-order valence-electron chi connectivity index (χ0n) is 8.23. The topological polar surface area (TPSA) is 55.1 Å². The first-order valence-corrected chi connectivity index (χ1v) is 4.54. The third kappa shape index (κ3) is 2.22. The monoisotopic (exact) mass is 202 g/mol. The first-order chi connectivity index (χ1) is 7.25. The largest absolute Gasteiger partial charge is 0.356 e. The Hall–Kier alpha value is -2.10. The van der Waals surface area contributed by atoms with Gasteiger partial charge in [0.1, 0.15) is 0 Å². The van der Waals surface area contributed by atoms with Crippen molar-refractivity contribution in [3.05, 3.63) is 36.5 Å². The van der Waals surface area contributed by atoms with E-state index < -0.39 is 0 Å². The molecule has 0 aliphatic rings. The van der Waals surface area contributed by atoms with Gasteiger partial charge in [-0.25, -0.2) is 0 Å². The summed E-state index contributed by atoms with van der Waals surface area (Å²) in [5.74, 6) is 0.590. The van der Waals surface area contributed by atoms with Crippen molar-refractivity contribution in [3.8, 4) is 11.3 Å². The molecule has 2 rings (SSSR count). The van der Waals surface area contributed by atoms with Crippen molar-refractivity contribution in [2.24, 2.45) is 0 Å². The van der Waals surface area contributed by atoms with Crippen molar-refractivity contribution in [2.45, 2.75) is 6.92 Å². The van der Waals surface area contributed by atoms with Gasteiger partial charge >= 0.3 is 0 Å². The van der Waals surface area contributed by atoms with Crippen LogP contribution in [-0.2, 0) is 4.79 Å². The summed E-state index contributed by atoms with van der Waals surface area (Å²) in [5, 5.41) is 6.33. The Labute approximate surface area is 86.9 Å². The fraction of sp³-hybridized carbons (Fsp3) is 0.0909. The number of benzene rings is 1. The number of rotatable bonds is 2. The van der Waals surface area contributed by atoms with E-state index in [0.29, 0.717) is 5.76 Å². The predicted molar refractivity (Wildman–Crippen MR) is 56.2 cm³/mol. The van der Waals surface area contributed by atoms with Gasteiger partial charge in [-0.3, -0.25) is 4.79 Å². The molecule has 0 aliphatic heterocycles. The molecule has 0 atom stereocenters. The standard InChI is InChI=1S/C11H10N2O2/c1-8(14)13-10-4-2-3-9(7-10)11-5-6-12-15-11/h2-7H,1H3,(H,13,14). The summed E-state index contributed by atoms with van der Waals surface area (Å²) in [4.78, 5) is 10.9. The van der Waals surface area contributed by atoms with E-state index >= 15 is 0 Å². The average molecular weight is 202 g/mol. The predicted octanol–water partition coefficient (Wildman–Crippen LogP) is 2.30. The molecule has 0 unspecified atom stereocenters. The van der Waals surface area contributed by atoms with Gasteiger partial charge in [-0.1, -0.05) is 17.3 Å². The highest BCUT2D eigenvalue weighted by atomic mass is 16.5. The molecule has 0 aliphatic carbocycles. The van der Waals surface area contributed by atoms with E-state index in [1.165, 1.54) is 6.92 Å². The van der Waals surface area contributed by atoms with Gasteiger partial charge < -0.3 is 9.84 Å². The molecule has 4 nitrogen and oxygen atoms in total. The van der Waals surface area contributed by atoms with Crippen molar-refractivity contribution in [1.29, 1.82) is 0 Å². The highest BCUT2D eigenvalue weighted by molar-refractivity contribution is 5.89. The van der Waals surface area contributed by atoms with E-state index in [9.17, 15) is 4.79 Å². The van der Waals surface area contributed by atoms with Crippen molar-refractivity contribution < 1.29 is 9.32 Å². The number of nitrogens with zero attached hydrogens (tertiary/aromatic N) is 1. The molecule has 0 spiro atoms. The Kier molecular flexibility index (Phi) is 2.49. The Morgan fingerprint density at radius 1 is 1.40 bits per heavy atom. The fourth-order valence-corrected chi connectivity index (χ4v) is 1.32. The minimum absolute atomic E-state index is 0.0929. The van der Waals surface area contributed by atoms with E-state index in [1.54, 1.807) is 12.3 Å². The highest BCUT2D eigenvalue weighted by Crippen LogP contribution is 2.21. The van der Waals surface area contributed by atoms with E-state index in [0.717, 1.165) is 11.3 Å². The summed E-state index contributed by atoms with van der Waals surface area (Å²) in [7, 11) is 0. The van der Waals surface area contributed by atoms with Crippen LogP contribution < -0.4 is 5.32 Å². The van der Waals surface area contributed by atoms with Gasteiger partial charge in [-0.2, -0.15) is 0 Å². The summed E-state index contributed by atoms with van der Waals surface area (Å²) in [6.45, 7) is 1.47. The van der Waals surface area contributed by atoms with Crippen LogP contribution in [0.3, 0.4) is 0 Å². The van der Waals surface area contributed by atoms with Crippen LogP contribution in [0.25, 0.3) is 11.3 Å². The van der Waals surface area contributed by atoms with Crippen LogP contribution in [0.15, 0.2) is 41.1 Å². The fourth-order valence-electron chi connectivity index (χ4n) is 1.32. The van der Waals surface area contributed by atoms with Crippen LogP contribution in [0.5, 0.6) is 0 Å². The molecule has 15 heavy (non-hydrogen) atoms. The smallest absolute Gasteiger partial charge is 0.221 e. The zero-order chi connectivity index (χ0) is 10.7. The molecule has 1 aromatic carbocycles. The second kappa shape index (κ2) is 3.96. The maximum absolute atomic E-state index is 10.9. The lowest BCUT2D eigenvalue weighted by Gasteiger charge is -2.02. The van der Waals surface area contributed by atoms with Gasteiger partial charge in [0.05, 0.1) is 6.20 Å². The lowest BCUT2D eigenvalue weighted by molar-refractivity contribution is -0.114. The Morgan fingerprint density at radius 3 is 2.93 bits per heavy atom. The van der Waals surface area contributed by atoms with Gasteiger partial charge in [0.25, 0.3) is 0 Å². The number of nitrogens with one attached hydrogen (secondary N) is 1. The molecular weight excluding hydrogens is 192 g/mol. The molecule has 0 bridgehead atoms. The van der Waals surface area contributed by atoms with E-state index in [1.807, 2.05) is 24.3 Å². The quantitative estimate of drug-likeness (QED) is 0.812. The van der Waals surface area contributed by atoms with Crippen LogP contribution in [-0.4, -0.2) is 11.1 Å². The molecule has 0 radical (unpaired) electrons. The maximum atomic E-state index is 10.9. The Bertz CT molecular complexity index is 463. The zero-order valence-corrected chi connectivity index (χ0v) is 8.23. The molecule has 0 saturated carbocycles. The molecule has 2 aromatic rings. The SMILES string of the molecule is CC(=O)Nc1cccc(-c2ccno2)c1. The molecule has 1 amide bonds. The first kappa shape index (κ1) is 9.45. The molecule has 1 heterocycles. The number of aromatic nitrogens is 1. The summed E-state index contributed by atoms with van der Waals surface area (Å²) in [6.07, 6.45) is 1.58. The van der Waals surface area contributed by atoms with Crippen LogP contribution in [0.4, 0.5) is 5.69 Å². The number of anilines is 1. The molecule has 1 aromatic heterocycles. The van der Waals surface area contributed by atoms with Gasteiger partial charge in [0, 0.05) is 24.2 Å². The minimum Gasteiger partial charge on any atom is -0.356 e. The van der Waals surface area contributed by atoms with E-state index in [-0.39, 0.29) is 5.91 Å². The van der Waals surface area contributed by atoms with Crippen LogP contribution >= 0.6 is 0 Å². The lowest BCUT2D eigenvalue weighted by Crippen LogP contribution is -2.05. The third-order valence-corrected chi connectivity index (χ3v) is 1.91. The maximum Gasteiger partial charge on any atom is 0.221 e. The molecule has 1 N–H and O–H groups in total. The van der Waals surface area contributed by atoms with E-state index in [4.69, 9.17) is 4.52 Å². The van der Waals surface area contributed by atoms with Gasteiger partial charge in [-0.05, 0) is 12.1 Å². The van der Waals surface area contributed by atoms with Crippen molar-refractivity contribution in [2.75, 3.05) is 5.32 Å². The molecular formula is C11H10N2O2. The number of carbonyl (C=O) groups is 1. The van der Waals surface area contributed by atoms with Gasteiger partial charge in [-0.15, -0.1) is 0 Å². The lowest BCUT2D eigenvalue weighted by atomic mass is 10.1. The number of hydrogen-bond acceptors (Lipinski definition) is 3. The van der Waals surface area contributed by atoms with Crippen molar-refractivity contribution in [1.82, 2.24) is 5.16 Å². The van der Waals surface area contributed by atoms with Crippen LogP contribution in [0, 0.1) is 0 Å². The molecule has 0 saturated heterocycles. The summed E-state index contributed by atoms with van der Waals surface area (Å²) < 4.78 is 5.02. The second-order valence-corrected chi connectivity index (χ2v) is 3.14.